The molecule has 0 saturated heterocycles. The number of nitrogens with one attached hydrogen (secondary N) is 1. The number of hydrogen-bond donors (Lipinski definition) is 1. The fourth-order valence-electron chi connectivity index (χ4n) is 2.05. The van der Waals surface area contributed by atoms with Gasteiger partial charge in [-0.05, 0) is 11.5 Å². The topological polar surface area (TPSA) is 41.6 Å². The highest BCUT2D eigenvalue weighted by atomic mass is 14.9. The van der Waals surface area contributed by atoms with E-state index in [1.807, 2.05) is 24.5 Å². The van der Waals surface area contributed by atoms with Gasteiger partial charge in [0, 0.05) is 28.9 Å². The number of rotatable bonds is 1. The number of nitrogens with zero attached hydrogens (tertiary/aromatic N) is 2. The molecule has 3 aromatic rings. The summed E-state index contributed by atoms with van der Waals surface area (Å²) < 4.78 is 0. The molecule has 0 radical (unpaired) electrons. The molecule has 0 saturated carbocycles. The van der Waals surface area contributed by atoms with E-state index in [9.17, 15) is 0 Å². The lowest BCUT2D eigenvalue weighted by Gasteiger charge is -2.15. The summed E-state index contributed by atoms with van der Waals surface area (Å²) in [6.45, 7) is 6.49. The second-order valence-corrected chi connectivity index (χ2v) is 5.81. The predicted molar refractivity (Wildman–Crippen MR) is 78.0 cm³/mol. The Morgan fingerprint density at radius 3 is 2.37 bits per heavy atom. The van der Waals surface area contributed by atoms with E-state index >= 15 is 0 Å². The van der Waals surface area contributed by atoms with E-state index in [0.29, 0.717) is 0 Å². The third-order valence-corrected chi connectivity index (χ3v) is 3.26. The first-order chi connectivity index (χ1) is 9.04. The van der Waals surface area contributed by atoms with Crippen LogP contribution in [-0.4, -0.2) is 15.0 Å². The minimum atomic E-state index is 0.0715. The largest absolute Gasteiger partial charge is 0.340 e. The van der Waals surface area contributed by atoms with Crippen molar-refractivity contribution in [2.45, 2.75) is 26.2 Å². The third-order valence-electron chi connectivity index (χ3n) is 3.26. The molecule has 0 fully saturated rings. The van der Waals surface area contributed by atoms with Gasteiger partial charge in [-0.15, -0.1) is 0 Å². The zero-order valence-corrected chi connectivity index (χ0v) is 11.4. The van der Waals surface area contributed by atoms with Crippen LogP contribution >= 0.6 is 0 Å². The van der Waals surface area contributed by atoms with Crippen molar-refractivity contribution in [1.82, 2.24) is 15.0 Å². The molecule has 0 amide bonds. The first kappa shape index (κ1) is 11.9. The molecule has 2 aromatic heterocycles. The minimum Gasteiger partial charge on any atom is -0.340 e. The van der Waals surface area contributed by atoms with Gasteiger partial charge in [0.2, 0.25) is 0 Å². The van der Waals surface area contributed by atoms with Crippen molar-refractivity contribution in [2.75, 3.05) is 0 Å². The number of fused-ring (bicyclic) bond motifs is 1. The molecule has 0 bridgehead atoms. The van der Waals surface area contributed by atoms with Crippen molar-refractivity contribution in [3.8, 4) is 11.5 Å². The van der Waals surface area contributed by atoms with Gasteiger partial charge in [0.25, 0.3) is 0 Å². The van der Waals surface area contributed by atoms with Crippen molar-refractivity contribution in [3.05, 3.63) is 48.4 Å². The van der Waals surface area contributed by atoms with E-state index in [2.05, 4.69) is 53.9 Å². The van der Waals surface area contributed by atoms with Crippen LogP contribution in [-0.2, 0) is 5.41 Å². The molecule has 3 heteroatoms. The molecule has 0 spiro atoms. The zero-order chi connectivity index (χ0) is 13.5. The maximum atomic E-state index is 4.48. The molecule has 0 atom stereocenters. The molecule has 3 rings (SSSR count). The minimum absolute atomic E-state index is 0.0715. The van der Waals surface area contributed by atoms with Crippen LogP contribution in [0.1, 0.15) is 26.5 Å². The Bertz CT molecular complexity index is 720. The molecule has 3 nitrogen and oxygen atoms in total. The van der Waals surface area contributed by atoms with E-state index in [1.165, 1.54) is 5.39 Å². The second kappa shape index (κ2) is 4.19. The third kappa shape index (κ3) is 2.24. The second-order valence-electron chi connectivity index (χ2n) is 5.81. The van der Waals surface area contributed by atoms with Gasteiger partial charge in [0.05, 0.1) is 0 Å². The Kier molecular flexibility index (Phi) is 2.63. The van der Waals surface area contributed by atoms with Gasteiger partial charge in [0.1, 0.15) is 5.69 Å². The molecule has 1 aromatic carbocycles. The van der Waals surface area contributed by atoms with Crippen LogP contribution < -0.4 is 0 Å². The van der Waals surface area contributed by atoms with Crippen LogP contribution in [0.25, 0.3) is 22.3 Å². The van der Waals surface area contributed by atoms with Crippen LogP contribution in [0.2, 0.25) is 0 Å². The number of benzene rings is 1. The molecular formula is C16H17N3. The Morgan fingerprint density at radius 1 is 0.947 bits per heavy atom. The standard InChI is InChI=1S/C16H17N3/c1-16(2,3)14-10-18-15(19-14)13-8-11-6-4-5-7-12(11)9-17-13/h4-10H,1-3H3,(H,18,19). The highest BCUT2D eigenvalue weighted by molar-refractivity contribution is 5.84. The monoisotopic (exact) mass is 251 g/mol. The number of hydrogen-bond acceptors (Lipinski definition) is 2. The van der Waals surface area contributed by atoms with Crippen LogP contribution in [0, 0.1) is 0 Å². The van der Waals surface area contributed by atoms with E-state index in [0.717, 1.165) is 22.6 Å². The summed E-state index contributed by atoms with van der Waals surface area (Å²) in [5, 5.41) is 2.33. The fourth-order valence-corrected chi connectivity index (χ4v) is 2.05. The number of H-pyrrole nitrogens is 1. The maximum Gasteiger partial charge on any atom is 0.156 e. The summed E-state index contributed by atoms with van der Waals surface area (Å²) in [4.78, 5) is 12.3. The van der Waals surface area contributed by atoms with Crippen LogP contribution in [0.5, 0.6) is 0 Å². The van der Waals surface area contributed by atoms with Gasteiger partial charge >= 0.3 is 0 Å². The summed E-state index contributed by atoms with van der Waals surface area (Å²) in [5.41, 5.74) is 2.08. The number of aromatic nitrogens is 3. The van der Waals surface area contributed by atoms with Gasteiger partial charge in [-0.1, -0.05) is 45.0 Å². The first-order valence-corrected chi connectivity index (χ1v) is 6.45. The Morgan fingerprint density at radius 2 is 1.68 bits per heavy atom. The number of imidazole rings is 1. The van der Waals surface area contributed by atoms with E-state index < -0.39 is 0 Å². The number of aromatic amines is 1. The summed E-state index contributed by atoms with van der Waals surface area (Å²) >= 11 is 0. The van der Waals surface area contributed by atoms with Crippen LogP contribution in [0.15, 0.2) is 42.7 Å². The highest BCUT2D eigenvalue weighted by Gasteiger charge is 2.17. The van der Waals surface area contributed by atoms with Gasteiger partial charge in [-0.3, -0.25) is 4.98 Å². The van der Waals surface area contributed by atoms with Crippen LogP contribution in [0.4, 0.5) is 0 Å². The Hall–Kier alpha value is -2.16. The lowest BCUT2D eigenvalue weighted by molar-refractivity contribution is 0.572. The summed E-state index contributed by atoms with van der Waals surface area (Å²) in [5.74, 6) is 0.829. The lowest BCUT2D eigenvalue weighted by Crippen LogP contribution is -2.11. The van der Waals surface area contributed by atoms with Crippen molar-refractivity contribution >= 4 is 10.8 Å². The molecule has 0 aliphatic rings. The average molecular weight is 251 g/mol. The molecule has 19 heavy (non-hydrogen) atoms. The van der Waals surface area contributed by atoms with Gasteiger partial charge in [0.15, 0.2) is 5.82 Å². The van der Waals surface area contributed by atoms with Crippen molar-refractivity contribution in [2.24, 2.45) is 0 Å². The average Bonchev–Trinajstić information content (AvgIpc) is 2.87. The quantitative estimate of drug-likeness (QED) is 0.712. The maximum absolute atomic E-state index is 4.48. The number of pyridine rings is 1. The van der Waals surface area contributed by atoms with Gasteiger partial charge in [-0.25, -0.2) is 4.98 Å². The normalized spacial score (nSPS) is 11.9. The van der Waals surface area contributed by atoms with Gasteiger partial charge in [-0.2, -0.15) is 0 Å². The Labute approximate surface area is 112 Å². The summed E-state index contributed by atoms with van der Waals surface area (Å²) in [6.07, 6.45) is 3.79. The summed E-state index contributed by atoms with van der Waals surface area (Å²) in [6, 6.07) is 10.3. The zero-order valence-electron chi connectivity index (χ0n) is 11.4. The molecular weight excluding hydrogens is 234 g/mol. The smallest absolute Gasteiger partial charge is 0.156 e. The molecule has 0 aliphatic heterocycles. The summed E-state index contributed by atoms with van der Waals surface area (Å²) in [7, 11) is 0. The predicted octanol–water partition coefficient (Wildman–Crippen LogP) is 3.92. The molecule has 2 heterocycles. The van der Waals surface area contributed by atoms with Crippen molar-refractivity contribution < 1.29 is 0 Å². The van der Waals surface area contributed by atoms with E-state index in [-0.39, 0.29) is 5.41 Å². The van der Waals surface area contributed by atoms with E-state index in [4.69, 9.17) is 0 Å². The molecule has 0 aliphatic carbocycles. The van der Waals surface area contributed by atoms with Gasteiger partial charge < -0.3 is 4.98 Å². The molecule has 96 valence electrons. The van der Waals surface area contributed by atoms with Crippen molar-refractivity contribution in [1.29, 1.82) is 0 Å². The van der Waals surface area contributed by atoms with Crippen LogP contribution in [0.3, 0.4) is 0 Å². The fraction of sp³-hybridized carbons (Fsp3) is 0.250. The Balaban J connectivity index is 2.07. The SMILES string of the molecule is CC(C)(C)c1cnc(-c2cc3ccccc3cn2)[nH]1. The highest BCUT2D eigenvalue weighted by Crippen LogP contribution is 2.24. The van der Waals surface area contributed by atoms with Crippen molar-refractivity contribution in [3.63, 3.8) is 0 Å². The molecule has 0 unspecified atom stereocenters. The lowest BCUT2D eigenvalue weighted by atomic mass is 9.93. The molecule has 1 N–H and O–H groups in total. The van der Waals surface area contributed by atoms with E-state index in [1.54, 1.807) is 0 Å². The first-order valence-electron chi connectivity index (χ1n) is 6.45.